The molecule has 0 aliphatic heterocycles. The van der Waals surface area contributed by atoms with Crippen LogP contribution in [0.3, 0.4) is 0 Å². The Morgan fingerprint density at radius 3 is 2.42 bits per heavy atom. The minimum Gasteiger partial charge on any atom is -0.341 e. The summed E-state index contributed by atoms with van der Waals surface area (Å²) in [6.45, 7) is 4.95. The molecule has 2 rings (SSSR count). The van der Waals surface area contributed by atoms with Crippen LogP contribution in [0.25, 0.3) is 0 Å². The molecule has 0 heterocycles. The molecule has 0 aliphatic carbocycles. The molecule has 0 radical (unpaired) electrons. The molecule has 2 nitrogen and oxygen atoms in total. The second-order valence-corrected chi connectivity index (χ2v) is 5.32. The summed E-state index contributed by atoms with van der Waals surface area (Å²) in [4.78, 5) is 13.3. The summed E-state index contributed by atoms with van der Waals surface area (Å²) in [6.07, 6.45) is 0.901. The Bertz CT molecular complexity index is 578. The van der Waals surface area contributed by atoms with Crippen molar-refractivity contribution in [3.05, 3.63) is 58.1 Å². The standard InChI is InChI=1S/C16H16BrNO/c1-3-18(15-8-4-12(2)5-9-15)16-10-14(17)7-6-13(16)11-19/h4-11H,3H2,1-2H3. The van der Waals surface area contributed by atoms with Crippen LogP contribution in [0.2, 0.25) is 0 Å². The summed E-state index contributed by atoms with van der Waals surface area (Å²) >= 11 is 3.46. The molecule has 0 aromatic heterocycles. The molecular weight excluding hydrogens is 302 g/mol. The zero-order valence-electron chi connectivity index (χ0n) is 11.1. The Hall–Kier alpha value is -1.61. The van der Waals surface area contributed by atoms with Gasteiger partial charge in [-0.3, -0.25) is 4.79 Å². The average molecular weight is 318 g/mol. The number of halogens is 1. The zero-order valence-corrected chi connectivity index (χ0v) is 12.6. The van der Waals surface area contributed by atoms with Gasteiger partial charge in [-0.1, -0.05) is 33.6 Å². The Labute approximate surface area is 122 Å². The van der Waals surface area contributed by atoms with Crippen LogP contribution in [0.15, 0.2) is 46.9 Å². The van der Waals surface area contributed by atoms with E-state index in [9.17, 15) is 4.79 Å². The van der Waals surface area contributed by atoms with Gasteiger partial charge in [-0.25, -0.2) is 0 Å². The Kier molecular flexibility index (Phi) is 4.38. The molecule has 0 aliphatic rings. The van der Waals surface area contributed by atoms with E-state index >= 15 is 0 Å². The molecule has 0 atom stereocenters. The normalized spacial score (nSPS) is 10.3. The number of anilines is 2. The molecule has 3 heteroatoms. The second-order valence-electron chi connectivity index (χ2n) is 4.40. The van der Waals surface area contributed by atoms with Gasteiger partial charge in [-0.05, 0) is 44.2 Å². The number of nitrogens with zero attached hydrogens (tertiary/aromatic N) is 1. The van der Waals surface area contributed by atoms with Crippen molar-refractivity contribution in [1.29, 1.82) is 0 Å². The van der Waals surface area contributed by atoms with Crippen LogP contribution in [0.4, 0.5) is 11.4 Å². The van der Waals surface area contributed by atoms with Crippen molar-refractivity contribution in [2.45, 2.75) is 13.8 Å². The van der Waals surface area contributed by atoms with Gasteiger partial charge in [-0.15, -0.1) is 0 Å². The number of aryl methyl sites for hydroxylation is 1. The van der Waals surface area contributed by atoms with Gasteiger partial charge in [0.15, 0.2) is 6.29 Å². The maximum absolute atomic E-state index is 11.2. The SMILES string of the molecule is CCN(c1ccc(C)cc1)c1cc(Br)ccc1C=O. The van der Waals surface area contributed by atoms with Crippen LogP contribution in [-0.4, -0.2) is 12.8 Å². The highest BCUT2D eigenvalue weighted by Gasteiger charge is 2.12. The minimum absolute atomic E-state index is 0.700. The molecule has 0 fully saturated rings. The van der Waals surface area contributed by atoms with E-state index in [4.69, 9.17) is 0 Å². The lowest BCUT2D eigenvalue weighted by molar-refractivity contribution is 0.112. The molecule has 98 valence electrons. The van der Waals surface area contributed by atoms with Gasteiger partial charge in [0.2, 0.25) is 0 Å². The quantitative estimate of drug-likeness (QED) is 0.760. The van der Waals surface area contributed by atoms with E-state index in [0.29, 0.717) is 5.56 Å². The van der Waals surface area contributed by atoms with Crippen molar-refractivity contribution >= 4 is 33.6 Å². The van der Waals surface area contributed by atoms with E-state index in [1.165, 1.54) is 5.56 Å². The number of carbonyl (C=O) groups excluding carboxylic acids is 1. The van der Waals surface area contributed by atoms with Crippen molar-refractivity contribution in [2.24, 2.45) is 0 Å². The number of hydrogen-bond donors (Lipinski definition) is 0. The first kappa shape index (κ1) is 13.8. The monoisotopic (exact) mass is 317 g/mol. The third-order valence-corrected chi connectivity index (χ3v) is 3.57. The van der Waals surface area contributed by atoms with E-state index in [1.807, 2.05) is 18.2 Å². The molecule has 0 saturated carbocycles. The van der Waals surface area contributed by atoms with E-state index in [0.717, 1.165) is 28.7 Å². The topological polar surface area (TPSA) is 20.3 Å². The lowest BCUT2D eigenvalue weighted by Crippen LogP contribution is -2.17. The lowest BCUT2D eigenvalue weighted by Gasteiger charge is -2.25. The van der Waals surface area contributed by atoms with Gasteiger partial charge in [-0.2, -0.15) is 0 Å². The molecule has 2 aromatic rings. The first-order valence-corrected chi connectivity index (χ1v) is 7.04. The van der Waals surface area contributed by atoms with Crippen molar-refractivity contribution in [3.63, 3.8) is 0 Å². The second kappa shape index (κ2) is 6.02. The number of carbonyl (C=O) groups is 1. The maximum atomic E-state index is 11.2. The highest BCUT2D eigenvalue weighted by molar-refractivity contribution is 9.10. The van der Waals surface area contributed by atoms with Crippen molar-refractivity contribution in [2.75, 3.05) is 11.4 Å². The van der Waals surface area contributed by atoms with E-state index in [-0.39, 0.29) is 0 Å². The largest absolute Gasteiger partial charge is 0.341 e. The Morgan fingerprint density at radius 1 is 1.16 bits per heavy atom. The van der Waals surface area contributed by atoms with Gasteiger partial charge in [0.25, 0.3) is 0 Å². The minimum atomic E-state index is 0.700. The molecule has 0 amide bonds. The first-order valence-electron chi connectivity index (χ1n) is 6.24. The summed E-state index contributed by atoms with van der Waals surface area (Å²) < 4.78 is 0.971. The van der Waals surface area contributed by atoms with Gasteiger partial charge >= 0.3 is 0 Å². The summed E-state index contributed by atoms with van der Waals surface area (Å²) in [5, 5.41) is 0. The van der Waals surface area contributed by atoms with Crippen LogP contribution in [0.5, 0.6) is 0 Å². The van der Waals surface area contributed by atoms with Crippen LogP contribution in [-0.2, 0) is 0 Å². The third kappa shape index (κ3) is 3.04. The molecule has 0 N–H and O–H groups in total. The predicted molar refractivity (Wildman–Crippen MR) is 83.4 cm³/mol. The number of benzene rings is 2. The highest BCUT2D eigenvalue weighted by Crippen LogP contribution is 2.30. The lowest BCUT2D eigenvalue weighted by atomic mass is 10.1. The number of aldehydes is 1. The van der Waals surface area contributed by atoms with Gasteiger partial charge < -0.3 is 4.90 Å². The fraction of sp³-hybridized carbons (Fsp3) is 0.188. The zero-order chi connectivity index (χ0) is 13.8. The van der Waals surface area contributed by atoms with Crippen LogP contribution >= 0.6 is 15.9 Å². The molecule has 0 unspecified atom stereocenters. The summed E-state index contributed by atoms with van der Waals surface area (Å²) in [6, 6.07) is 14.0. The van der Waals surface area contributed by atoms with Crippen molar-refractivity contribution in [1.82, 2.24) is 0 Å². The molecule has 19 heavy (non-hydrogen) atoms. The van der Waals surface area contributed by atoms with Crippen LogP contribution < -0.4 is 4.90 Å². The average Bonchev–Trinajstić information content (AvgIpc) is 2.42. The summed E-state index contributed by atoms with van der Waals surface area (Å²) in [7, 11) is 0. The third-order valence-electron chi connectivity index (χ3n) is 3.07. The van der Waals surface area contributed by atoms with Crippen molar-refractivity contribution < 1.29 is 4.79 Å². The fourth-order valence-electron chi connectivity index (χ4n) is 2.07. The first-order chi connectivity index (χ1) is 9.15. The summed E-state index contributed by atoms with van der Waals surface area (Å²) in [5.41, 5.74) is 3.94. The van der Waals surface area contributed by atoms with E-state index < -0.39 is 0 Å². The van der Waals surface area contributed by atoms with Crippen molar-refractivity contribution in [3.8, 4) is 0 Å². The Morgan fingerprint density at radius 2 is 1.84 bits per heavy atom. The van der Waals surface area contributed by atoms with E-state index in [1.54, 1.807) is 0 Å². The Balaban J connectivity index is 2.50. The predicted octanol–water partition coefficient (Wildman–Crippen LogP) is 4.73. The van der Waals surface area contributed by atoms with Crippen LogP contribution in [0, 0.1) is 6.92 Å². The fourth-order valence-corrected chi connectivity index (χ4v) is 2.42. The molecule has 2 aromatic carbocycles. The van der Waals surface area contributed by atoms with E-state index in [2.05, 4.69) is 58.9 Å². The van der Waals surface area contributed by atoms with Gasteiger partial charge in [0.1, 0.15) is 0 Å². The van der Waals surface area contributed by atoms with Crippen LogP contribution in [0.1, 0.15) is 22.8 Å². The number of rotatable bonds is 4. The smallest absolute Gasteiger partial charge is 0.152 e. The molecule has 0 bridgehead atoms. The maximum Gasteiger partial charge on any atom is 0.152 e. The van der Waals surface area contributed by atoms with Gasteiger partial charge in [0, 0.05) is 22.3 Å². The summed E-state index contributed by atoms with van der Waals surface area (Å²) in [5.74, 6) is 0. The number of hydrogen-bond acceptors (Lipinski definition) is 2. The molecule has 0 spiro atoms. The van der Waals surface area contributed by atoms with Gasteiger partial charge in [0.05, 0.1) is 5.69 Å². The molecular formula is C16H16BrNO. The molecule has 0 saturated heterocycles. The highest BCUT2D eigenvalue weighted by atomic mass is 79.9.